The number of furan rings is 1. The molecule has 9 heteroatoms. The van der Waals surface area contributed by atoms with E-state index in [1.54, 1.807) is 24.3 Å². The SMILES string of the molecule is O=C(CCS(=O)(=O)c1ccccc1)NC(Cc1coc2ccccc12)B(O)O. The third kappa shape index (κ3) is 4.80. The Bertz CT molecular complexity index is 1050. The smallest absolute Gasteiger partial charge is 0.464 e. The lowest BCUT2D eigenvalue weighted by molar-refractivity contribution is -0.121. The molecule has 3 rings (SSSR count). The zero-order valence-corrected chi connectivity index (χ0v) is 15.8. The van der Waals surface area contributed by atoms with Crippen molar-refractivity contribution < 1.29 is 27.7 Å². The van der Waals surface area contributed by atoms with E-state index in [1.165, 1.54) is 18.4 Å². The van der Waals surface area contributed by atoms with Crippen LogP contribution >= 0.6 is 0 Å². The summed E-state index contributed by atoms with van der Waals surface area (Å²) >= 11 is 0. The van der Waals surface area contributed by atoms with Gasteiger partial charge in [0.25, 0.3) is 0 Å². The van der Waals surface area contributed by atoms with Crippen LogP contribution < -0.4 is 5.32 Å². The largest absolute Gasteiger partial charge is 0.475 e. The molecule has 0 aliphatic heterocycles. The van der Waals surface area contributed by atoms with Crippen molar-refractivity contribution in [2.45, 2.75) is 23.7 Å². The molecule has 0 spiro atoms. The minimum Gasteiger partial charge on any atom is -0.464 e. The molecule has 28 heavy (non-hydrogen) atoms. The van der Waals surface area contributed by atoms with Gasteiger partial charge in [0.2, 0.25) is 5.91 Å². The highest BCUT2D eigenvalue weighted by Gasteiger charge is 2.27. The lowest BCUT2D eigenvalue weighted by atomic mass is 9.76. The van der Waals surface area contributed by atoms with E-state index >= 15 is 0 Å². The molecule has 7 nitrogen and oxygen atoms in total. The first-order valence-corrected chi connectivity index (χ1v) is 10.4. The average Bonchev–Trinajstić information content (AvgIpc) is 3.10. The van der Waals surface area contributed by atoms with E-state index < -0.39 is 28.8 Å². The fraction of sp³-hybridized carbons (Fsp3) is 0.211. The summed E-state index contributed by atoms with van der Waals surface area (Å²) in [5.41, 5.74) is 1.37. The molecule has 0 saturated heterocycles. The van der Waals surface area contributed by atoms with E-state index in [-0.39, 0.29) is 23.5 Å². The second kappa shape index (κ2) is 8.60. The number of rotatable bonds is 8. The normalized spacial score (nSPS) is 12.6. The minimum atomic E-state index is -3.59. The maximum Gasteiger partial charge on any atom is 0.475 e. The van der Waals surface area contributed by atoms with Crippen LogP contribution in [0.15, 0.2) is 70.2 Å². The summed E-state index contributed by atoms with van der Waals surface area (Å²) in [5, 5.41) is 22.6. The molecular formula is C19H20BNO6S. The first-order valence-electron chi connectivity index (χ1n) is 8.75. The van der Waals surface area contributed by atoms with Crippen LogP contribution in [0.2, 0.25) is 0 Å². The molecule has 0 saturated carbocycles. The first kappa shape index (κ1) is 20.1. The molecule has 146 valence electrons. The van der Waals surface area contributed by atoms with Crippen LogP contribution in [-0.2, 0) is 21.1 Å². The zero-order valence-electron chi connectivity index (χ0n) is 15.0. The highest BCUT2D eigenvalue weighted by molar-refractivity contribution is 7.91. The topological polar surface area (TPSA) is 117 Å². The fourth-order valence-electron chi connectivity index (χ4n) is 2.91. The van der Waals surface area contributed by atoms with Gasteiger partial charge in [0, 0.05) is 11.8 Å². The van der Waals surface area contributed by atoms with Gasteiger partial charge in [-0.2, -0.15) is 0 Å². The van der Waals surface area contributed by atoms with Crippen LogP contribution in [0.25, 0.3) is 11.0 Å². The van der Waals surface area contributed by atoms with Crippen LogP contribution in [0, 0.1) is 0 Å². The van der Waals surface area contributed by atoms with Gasteiger partial charge in [-0.15, -0.1) is 0 Å². The molecule has 0 radical (unpaired) electrons. The number of hydrogen-bond donors (Lipinski definition) is 3. The third-order valence-corrected chi connectivity index (χ3v) is 6.14. The lowest BCUT2D eigenvalue weighted by Crippen LogP contribution is -2.48. The van der Waals surface area contributed by atoms with Gasteiger partial charge in [0.1, 0.15) is 5.58 Å². The van der Waals surface area contributed by atoms with Gasteiger partial charge in [0.05, 0.1) is 22.9 Å². The summed E-state index contributed by atoms with van der Waals surface area (Å²) < 4.78 is 30.0. The maximum atomic E-state index is 12.3. The molecule has 1 aromatic heterocycles. The molecule has 2 aromatic carbocycles. The van der Waals surface area contributed by atoms with Crippen molar-refractivity contribution in [3.05, 3.63) is 66.4 Å². The van der Waals surface area contributed by atoms with Crippen LogP contribution in [-0.4, -0.2) is 43.2 Å². The molecular weight excluding hydrogens is 381 g/mol. The van der Waals surface area contributed by atoms with Gasteiger partial charge in [0.15, 0.2) is 9.84 Å². The second-order valence-electron chi connectivity index (χ2n) is 6.43. The van der Waals surface area contributed by atoms with E-state index in [0.29, 0.717) is 11.1 Å². The number of benzene rings is 2. The van der Waals surface area contributed by atoms with Gasteiger partial charge < -0.3 is 19.8 Å². The number of fused-ring (bicyclic) bond motifs is 1. The van der Waals surface area contributed by atoms with Crippen molar-refractivity contribution in [2.24, 2.45) is 0 Å². The lowest BCUT2D eigenvalue weighted by Gasteiger charge is -2.17. The highest BCUT2D eigenvalue weighted by atomic mass is 32.2. The molecule has 0 bridgehead atoms. The summed E-state index contributed by atoms with van der Waals surface area (Å²) in [6.45, 7) is 0. The maximum absolute atomic E-state index is 12.3. The number of carbonyl (C=O) groups is 1. The van der Waals surface area contributed by atoms with E-state index in [9.17, 15) is 23.3 Å². The summed E-state index contributed by atoms with van der Waals surface area (Å²) in [4.78, 5) is 12.4. The highest BCUT2D eigenvalue weighted by Crippen LogP contribution is 2.22. The van der Waals surface area contributed by atoms with E-state index in [2.05, 4.69) is 5.32 Å². The first-order chi connectivity index (χ1) is 13.4. The van der Waals surface area contributed by atoms with Crippen molar-refractivity contribution in [3.63, 3.8) is 0 Å². The number of carbonyl (C=O) groups excluding carboxylic acids is 1. The molecule has 1 unspecified atom stereocenters. The van der Waals surface area contributed by atoms with Crippen LogP contribution in [0.1, 0.15) is 12.0 Å². The van der Waals surface area contributed by atoms with E-state index in [1.807, 2.05) is 18.2 Å². The molecule has 0 fully saturated rings. The zero-order chi connectivity index (χ0) is 20.1. The Labute approximate surface area is 163 Å². The van der Waals surface area contributed by atoms with Crippen molar-refractivity contribution >= 4 is 33.8 Å². The fourth-order valence-corrected chi connectivity index (χ4v) is 4.17. The number of sulfone groups is 1. The van der Waals surface area contributed by atoms with E-state index in [4.69, 9.17) is 4.42 Å². The molecule has 0 aliphatic rings. The van der Waals surface area contributed by atoms with Gasteiger partial charge in [-0.1, -0.05) is 36.4 Å². The molecule has 3 aromatic rings. The Hall–Kier alpha value is -2.62. The number of hydrogen-bond acceptors (Lipinski definition) is 6. The quantitative estimate of drug-likeness (QED) is 0.491. The van der Waals surface area contributed by atoms with Gasteiger partial charge in [-0.05, 0) is 30.2 Å². The standard InChI is InChI=1S/C19H20BNO6S/c22-19(10-11-28(25,26)15-6-2-1-3-7-15)21-18(20(23)24)12-14-13-27-17-9-5-4-8-16(14)17/h1-9,13,18,23-24H,10-12H2,(H,21,22). The number of para-hydroxylation sites is 1. The number of amides is 1. The summed E-state index contributed by atoms with van der Waals surface area (Å²) in [5.74, 6) is -1.94. The summed E-state index contributed by atoms with van der Waals surface area (Å²) in [6, 6.07) is 15.1. The molecule has 0 aliphatic carbocycles. The Morgan fingerprint density at radius 2 is 1.75 bits per heavy atom. The van der Waals surface area contributed by atoms with Crippen molar-refractivity contribution in [2.75, 3.05) is 5.75 Å². The predicted molar refractivity (Wildman–Crippen MR) is 105 cm³/mol. The third-order valence-electron chi connectivity index (χ3n) is 4.41. The minimum absolute atomic E-state index is 0.131. The molecule has 1 amide bonds. The molecule has 1 atom stereocenters. The Morgan fingerprint density at radius 3 is 2.46 bits per heavy atom. The molecule has 3 N–H and O–H groups in total. The van der Waals surface area contributed by atoms with Crippen LogP contribution in [0.4, 0.5) is 0 Å². The predicted octanol–water partition coefficient (Wildman–Crippen LogP) is 1.34. The Kier molecular flexibility index (Phi) is 6.18. The molecule has 1 heterocycles. The van der Waals surface area contributed by atoms with Crippen LogP contribution in [0.3, 0.4) is 0 Å². The Balaban J connectivity index is 1.63. The second-order valence-corrected chi connectivity index (χ2v) is 8.54. The van der Waals surface area contributed by atoms with Crippen LogP contribution in [0.5, 0.6) is 0 Å². The Morgan fingerprint density at radius 1 is 1.07 bits per heavy atom. The number of nitrogens with one attached hydrogen (secondary N) is 1. The van der Waals surface area contributed by atoms with Gasteiger partial charge >= 0.3 is 7.12 Å². The average molecular weight is 401 g/mol. The van der Waals surface area contributed by atoms with Crippen molar-refractivity contribution in [3.8, 4) is 0 Å². The summed E-state index contributed by atoms with van der Waals surface area (Å²) in [6.07, 6.45) is 1.35. The van der Waals surface area contributed by atoms with Gasteiger partial charge in [-0.25, -0.2) is 8.42 Å². The van der Waals surface area contributed by atoms with E-state index in [0.717, 1.165) is 5.39 Å². The van der Waals surface area contributed by atoms with Crippen molar-refractivity contribution in [1.29, 1.82) is 0 Å². The monoisotopic (exact) mass is 401 g/mol. The summed E-state index contributed by atoms with van der Waals surface area (Å²) in [7, 11) is -5.39. The van der Waals surface area contributed by atoms with Crippen molar-refractivity contribution in [1.82, 2.24) is 5.32 Å². The van der Waals surface area contributed by atoms with Gasteiger partial charge in [-0.3, -0.25) is 4.79 Å².